The van der Waals surface area contributed by atoms with E-state index in [1.165, 1.54) is 16.7 Å². The number of thioether (sulfide) groups is 1. The highest BCUT2D eigenvalue weighted by Crippen LogP contribution is 2.27. The Balaban J connectivity index is 2.57. The van der Waals surface area contributed by atoms with Crippen molar-refractivity contribution in [1.29, 1.82) is 0 Å². The largest absolute Gasteiger partial charge is 0.405 e. The molecular formula is C9H14BrF3N2S. The van der Waals surface area contributed by atoms with Crippen LogP contribution >= 0.6 is 27.7 Å². The van der Waals surface area contributed by atoms with Crippen LogP contribution in [0.5, 0.6) is 0 Å². The second-order valence-electron chi connectivity index (χ2n) is 3.55. The maximum Gasteiger partial charge on any atom is 0.405 e. The lowest BCUT2D eigenvalue weighted by Gasteiger charge is -2.24. The summed E-state index contributed by atoms with van der Waals surface area (Å²) in [5, 5.41) is 1.56. The predicted molar refractivity (Wildman–Crippen MR) is 65.4 cm³/mol. The molecule has 16 heavy (non-hydrogen) atoms. The monoisotopic (exact) mass is 318 g/mol. The summed E-state index contributed by atoms with van der Waals surface area (Å²) in [7, 11) is 0. The molecule has 1 aliphatic heterocycles. The van der Waals surface area contributed by atoms with Crippen LogP contribution in [0.3, 0.4) is 0 Å². The van der Waals surface area contributed by atoms with Crippen LogP contribution in [0.25, 0.3) is 0 Å². The van der Waals surface area contributed by atoms with E-state index in [2.05, 4.69) is 20.9 Å². The second kappa shape index (κ2) is 6.14. The smallest absolute Gasteiger partial charge is 0.342 e. The minimum Gasteiger partial charge on any atom is -0.342 e. The molecule has 0 fully saturated rings. The maximum atomic E-state index is 12.3. The summed E-state index contributed by atoms with van der Waals surface area (Å²) < 4.78 is 37.0. The average Bonchev–Trinajstić information content (AvgIpc) is 2.63. The Morgan fingerprint density at radius 3 is 2.69 bits per heavy atom. The summed E-state index contributed by atoms with van der Waals surface area (Å²) in [5.41, 5.74) is 0. The van der Waals surface area contributed by atoms with Crippen LogP contribution in [0, 0.1) is 0 Å². The number of hydrogen-bond acceptors (Lipinski definition) is 3. The van der Waals surface area contributed by atoms with Gasteiger partial charge in [0.25, 0.3) is 0 Å². The summed E-state index contributed by atoms with van der Waals surface area (Å²) >= 11 is 4.75. The normalized spacial score (nSPS) is 21.1. The predicted octanol–water partition coefficient (Wildman–Crippen LogP) is 3.13. The molecule has 1 atom stereocenters. The van der Waals surface area contributed by atoms with Crippen LogP contribution in [0.2, 0.25) is 0 Å². The molecule has 2 nitrogen and oxygen atoms in total. The number of rotatable bonds is 4. The van der Waals surface area contributed by atoms with E-state index in [4.69, 9.17) is 0 Å². The molecule has 0 saturated carbocycles. The number of alkyl halides is 4. The van der Waals surface area contributed by atoms with E-state index in [9.17, 15) is 13.2 Å². The van der Waals surface area contributed by atoms with Crippen LogP contribution in [0.1, 0.15) is 13.3 Å². The summed E-state index contributed by atoms with van der Waals surface area (Å²) in [6.07, 6.45) is -3.47. The van der Waals surface area contributed by atoms with Crippen LogP contribution in [0.4, 0.5) is 13.2 Å². The summed E-state index contributed by atoms with van der Waals surface area (Å²) in [4.78, 5) is 5.49. The second-order valence-corrected chi connectivity index (χ2v) is 5.47. The first-order valence-corrected chi connectivity index (χ1v) is 7.05. The molecule has 94 valence electrons. The van der Waals surface area contributed by atoms with Gasteiger partial charge in [0, 0.05) is 17.1 Å². The number of halogens is 4. The highest BCUT2D eigenvalue weighted by atomic mass is 79.9. The lowest BCUT2D eigenvalue weighted by molar-refractivity contribution is -0.137. The van der Waals surface area contributed by atoms with E-state index in [0.717, 1.165) is 5.33 Å². The Labute approximate surface area is 106 Å². The van der Waals surface area contributed by atoms with Crippen molar-refractivity contribution < 1.29 is 13.2 Å². The van der Waals surface area contributed by atoms with E-state index in [1.807, 2.05) is 6.92 Å². The van der Waals surface area contributed by atoms with Crippen molar-refractivity contribution in [3.63, 3.8) is 0 Å². The molecule has 0 N–H and O–H groups in total. The average molecular weight is 319 g/mol. The first-order valence-electron chi connectivity index (χ1n) is 5.05. The van der Waals surface area contributed by atoms with E-state index in [-0.39, 0.29) is 5.25 Å². The van der Waals surface area contributed by atoms with Crippen molar-refractivity contribution in [3.05, 3.63) is 0 Å². The highest BCUT2D eigenvalue weighted by molar-refractivity contribution is 9.09. The number of hydrogen-bond donors (Lipinski definition) is 0. The zero-order valence-electron chi connectivity index (χ0n) is 8.93. The lowest BCUT2D eigenvalue weighted by atomic mass is 10.4. The van der Waals surface area contributed by atoms with Crippen LogP contribution in [-0.2, 0) is 0 Å². The minimum atomic E-state index is -4.16. The van der Waals surface area contributed by atoms with Gasteiger partial charge in [-0.25, -0.2) is 0 Å². The number of amidine groups is 1. The van der Waals surface area contributed by atoms with Gasteiger partial charge in [0.2, 0.25) is 0 Å². The molecule has 0 saturated heterocycles. The Morgan fingerprint density at radius 2 is 2.25 bits per heavy atom. The summed E-state index contributed by atoms with van der Waals surface area (Å²) in [6.45, 7) is 1.97. The molecule has 0 spiro atoms. The molecule has 0 bridgehead atoms. The molecule has 0 radical (unpaired) electrons. The Morgan fingerprint density at radius 1 is 1.56 bits per heavy atom. The first-order chi connectivity index (χ1) is 7.46. The Kier molecular flexibility index (Phi) is 5.43. The van der Waals surface area contributed by atoms with Crippen molar-refractivity contribution in [2.75, 3.05) is 25.0 Å². The van der Waals surface area contributed by atoms with Gasteiger partial charge in [0.15, 0.2) is 5.17 Å². The molecule has 1 heterocycles. The third kappa shape index (κ3) is 4.53. The van der Waals surface area contributed by atoms with Crippen molar-refractivity contribution in [1.82, 2.24) is 4.90 Å². The molecule has 0 aliphatic carbocycles. The topological polar surface area (TPSA) is 15.6 Å². The molecule has 0 aromatic heterocycles. The van der Waals surface area contributed by atoms with Crippen LogP contribution in [0.15, 0.2) is 4.99 Å². The number of aliphatic imine (C=N–C) groups is 1. The fourth-order valence-corrected chi connectivity index (χ4v) is 2.95. The van der Waals surface area contributed by atoms with Crippen molar-refractivity contribution in [2.24, 2.45) is 4.99 Å². The quantitative estimate of drug-likeness (QED) is 0.740. The number of nitrogens with zero attached hydrogens (tertiary/aromatic N) is 2. The standard InChI is InChI=1S/C9H14BrF3N2S/c1-2-3-15(6-9(11,12)13)8-14-5-7(4-10)16-8/h7H,2-6H2,1H3. The van der Waals surface area contributed by atoms with E-state index >= 15 is 0 Å². The van der Waals surface area contributed by atoms with Crippen molar-refractivity contribution >= 4 is 32.9 Å². The van der Waals surface area contributed by atoms with E-state index < -0.39 is 12.7 Å². The summed E-state index contributed by atoms with van der Waals surface area (Å²) in [6, 6.07) is 0. The maximum absolute atomic E-state index is 12.3. The SMILES string of the molecule is CCCN(CC(F)(F)F)C1=NCC(CBr)S1. The van der Waals surface area contributed by atoms with Crippen molar-refractivity contribution in [2.45, 2.75) is 24.8 Å². The van der Waals surface area contributed by atoms with Gasteiger partial charge in [-0.1, -0.05) is 34.6 Å². The Bertz CT molecular complexity index is 258. The molecule has 1 unspecified atom stereocenters. The Hall–Kier alpha value is 0.0900. The molecule has 1 rings (SSSR count). The van der Waals surface area contributed by atoms with Gasteiger partial charge in [0.05, 0.1) is 6.54 Å². The molecule has 0 aromatic rings. The first kappa shape index (κ1) is 14.2. The lowest BCUT2D eigenvalue weighted by Crippen LogP contribution is -2.37. The van der Waals surface area contributed by atoms with Crippen LogP contribution in [-0.4, -0.2) is 46.5 Å². The zero-order valence-corrected chi connectivity index (χ0v) is 11.3. The van der Waals surface area contributed by atoms with Gasteiger partial charge in [0.1, 0.15) is 6.54 Å². The van der Waals surface area contributed by atoms with Gasteiger partial charge >= 0.3 is 6.18 Å². The molecule has 0 aromatic carbocycles. The summed E-state index contributed by atoms with van der Waals surface area (Å²) in [5.74, 6) is 0. The van der Waals surface area contributed by atoms with Gasteiger partial charge in [-0.3, -0.25) is 4.99 Å². The van der Waals surface area contributed by atoms with E-state index in [1.54, 1.807) is 0 Å². The molecule has 0 amide bonds. The van der Waals surface area contributed by atoms with Crippen LogP contribution < -0.4 is 0 Å². The molecular weight excluding hydrogens is 305 g/mol. The van der Waals surface area contributed by atoms with E-state index in [0.29, 0.717) is 24.7 Å². The van der Waals surface area contributed by atoms with Gasteiger partial charge < -0.3 is 4.90 Å². The third-order valence-electron chi connectivity index (χ3n) is 2.01. The molecule has 7 heteroatoms. The zero-order chi connectivity index (χ0) is 12.2. The fraction of sp³-hybridized carbons (Fsp3) is 0.889. The minimum absolute atomic E-state index is 0.266. The fourth-order valence-electron chi connectivity index (χ4n) is 1.39. The van der Waals surface area contributed by atoms with Gasteiger partial charge in [-0.2, -0.15) is 13.2 Å². The van der Waals surface area contributed by atoms with Crippen molar-refractivity contribution in [3.8, 4) is 0 Å². The van der Waals surface area contributed by atoms with Gasteiger partial charge in [-0.15, -0.1) is 0 Å². The van der Waals surface area contributed by atoms with Gasteiger partial charge in [-0.05, 0) is 6.42 Å². The third-order valence-corrected chi connectivity index (χ3v) is 4.47. The molecule has 1 aliphatic rings. The highest BCUT2D eigenvalue weighted by Gasteiger charge is 2.33.